The molecule has 2 amide bonds. The molecule has 1 aliphatic heterocycles. The molecule has 1 unspecified atom stereocenters. The number of amides is 2. The topological polar surface area (TPSA) is 49.4 Å². The maximum Gasteiger partial charge on any atom is 0.249 e. The molecule has 1 aromatic carbocycles. The standard InChI is InChI=1S/C14H16N2O2/c1-3-13(17)15-10(2)14(18)16-9-8-11-6-4-5-7-12(11)16/h3-7,10H,1,8-9H2,2H3,(H,15,17). The van der Waals surface area contributed by atoms with Crippen LogP contribution >= 0.6 is 0 Å². The largest absolute Gasteiger partial charge is 0.341 e. The molecule has 94 valence electrons. The molecule has 0 saturated carbocycles. The van der Waals surface area contributed by atoms with Crippen molar-refractivity contribution < 1.29 is 9.59 Å². The van der Waals surface area contributed by atoms with Gasteiger partial charge in [0.15, 0.2) is 0 Å². The third-order valence-corrected chi connectivity index (χ3v) is 3.07. The monoisotopic (exact) mass is 244 g/mol. The number of hydrogen-bond donors (Lipinski definition) is 1. The van der Waals surface area contributed by atoms with Crippen molar-refractivity contribution in [2.24, 2.45) is 0 Å². The van der Waals surface area contributed by atoms with Gasteiger partial charge in [-0.15, -0.1) is 0 Å². The van der Waals surface area contributed by atoms with Crippen LogP contribution in [0.3, 0.4) is 0 Å². The van der Waals surface area contributed by atoms with Gasteiger partial charge < -0.3 is 10.2 Å². The maximum atomic E-state index is 12.2. The molecule has 0 aromatic heterocycles. The summed E-state index contributed by atoms with van der Waals surface area (Å²) in [6.07, 6.45) is 2.03. The molecule has 4 heteroatoms. The molecule has 1 atom stereocenters. The second-order valence-electron chi connectivity index (χ2n) is 4.30. The Morgan fingerprint density at radius 2 is 2.17 bits per heavy atom. The molecule has 1 heterocycles. The summed E-state index contributed by atoms with van der Waals surface area (Å²) >= 11 is 0. The minimum absolute atomic E-state index is 0.0878. The van der Waals surface area contributed by atoms with Gasteiger partial charge in [-0.05, 0) is 31.1 Å². The third kappa shape index (κ3) is 2.27. The number of nitrogens with one attached hydrogen (secondary N) is 1. The molecule has 1 aliphatic rings. The van der Waals surface area contributed by atoms with E-state index in [1.54, 1.807) is 11.8 Å². The van der Waals surface area contributed by atoms with Gasteiger partial charge in [0.25, 0.3) is 0 Å². The number of para-hydroxylation sites is 1. The summed E-state index contributed by atoms with van der Waals surface area (Å²) in [5.41, 5.74) is 2.12. The molecule has 1 N–H and O–H groups in total. The molecule has 0 saturated heterocycles. The van der Waals surface area contributed by atoms with Crippen LogP contribution in [-0.2, 0) is 16.0 Å². The van der Waals surface area contributed by atoms with E-state index in [4.69, 9.17) is 0 Å². The lowest BCUT2D eigenvalue weighted by Gasteiger charge is -2.21. The van der Waals surface area contributed by atoms with Crippen molar-refractivity contribution in [1.82, 2.24) is 5.32 Å². The van der Waals surface area contributed by atoms with E-state index in [-0.39, 0.29) is 11.8 Å². The highest BCUT2D eigenvalue weighted by Crippen LogP contribution is 2.27. The number of benzene rings is 1. The summed E-state index contributed by atoms with van der Waals surface area (Å²) < 4.78 is 0. The van der Waals surface area contributed by atoms with Crippen LogP contribution in [0.15, 0.2) is 36.9 Å². The van der Waals surface area contributed by atoms with E-state index in [0.29, 0.717) is 6.54 Å². The van der Waals surface area contributed by atoms with Crippen molar-refractivity contribution in [2.75, 3.05) is 11.4 Å². The van der Waals surface area contributed by atoms with Gasteiger partial charge in [0.1, 0.15) is 6.04 Å². The predicted octanol–water partition coefficient (Wildman–Crippen LogP) is 1.27. The summed E-state index contributed by atoms with van der Waals surface area (Å²) in [7, 11) is 0. The second-order valence-corrected chi connectivity index (χ2v) is 4.30. The molecule has 0 aliphatic carbocycles. The highest BCUT2D eigenvalue weighted by molar-refractivity contribution is 6.01. The van der Waals surface area contributed by atoms with E-state index in [9.17, 15) is 9.59 Å². The van der Waals surface area contributed by atoms with E-state index in [0.717, 1.165) is 12.1 Å². The summed E-state index contributed by atoms with van der Waals surface area (Å²) in [6, 6.07) is 7.30. The SMILES string of the molecule is C=CC(=O)NC(C)C(=O)N1CCc2ccccc21. The average Bonchev–Trinajstić information content (AvgIpc) is 2.81. The van der Waals surface area contributed by atoms with Crippen LogP contribution in [0.1, 0.15) is 12.5 Å². The maximum absolute atomic E-state index is 12.2. The first-order valence-corrected chi connectivity index (χ1v) is 5.95. The van der Waals surface area contributed by atoms with Crippen molar-refractivity contribution in [3.63, 3.8) is 0 Å². The van der Waals surface area contributed by atoms with Gasteiger partial charge in [0.05, 0.1) is 0 Å². The number of carbonyl (C=O) groups is 2. The smallest absolute Gasteiger partial charge is 0.249 e. The Morgan fingerprint density at radius 1 is 1.44 bits per heavy atom. The molecule has 18 heavy (non-hydrogen) atoms. The van der Waals surface area contributed by atoms with E-state index < -0.39 is 6.04 Å². The number of rotatable bonds is 3. The molecular formula is C14H16N2O2. The summed E-state index contributed by atoms with van der Waals surface area (Å²) in [5.74, 6) is -0.418. The Morgan fingerprint density at radius 3 is 2.89 bits per heavy atom. The fourth-order valence-corrected chi connectivity index (χ4v) is 2.13. The molecule has 0 radical (unpaired) electrons. The van der Waals surface area contributed by atoms with E-state index in [2.05, 4.69) is 11.9 Å². The summed E-state index contributed by atoms with van der Waals surface area (Å²) in [4.78, 5) is 25.1. The van der Waals surface area contributed by atoms with Crippen molar-refractivity contribution >= 4 is 17.5 Å². The number of carbonyl (C=O) groups excluding carboxylic acids is 2. The van der Waals surface area contributed by atoms with Gasteiger partial charge in [0.2, 0.25) is 11.8 Å². The fraction of sp³-hybridized carbons (Fsp3) is 0.286. The first-order valence-electron chi connectivity index (χ1n) is 5.95. The number of anilines is 1. The highest BCUT2D eigenvalue weighted by atomic mass is 16.2. The first kappa shape index (κ1) is 12.4. The van der Waals surface area contributed by atoms with E-state index >= 15 is 0 Å². The Hall–Kier alpha value is -2.10. The molecular weight excluding hydrogens is 228 g/mol. The number of nitrogens with zero attached hydrogens (tertiary/aromatic N) is 1. The van der Waals surface area contributed by atoms with Crippen LogP contribution in [0.5, 0.6) is 0 Å². The zero-order valence-electron chi connectivity index (χ0n) is 10.3. The average molecular weight is 244 g/mol. The Bertz CT molecular complexity index is 496. The zero-order chi connectivity index (χ0) is 13.1. The fourth-order valence-electron chi connectivity index (χ4n) is 2.13. The second kappa shape index (κ2) is 5.04. The predicted molar refractivity (Wildman–Crippen MR) is 70.3 cm³/mol. The van der Waals surface area contributed by atoms with Crippen LogP contribution in [0.4, 0.5) is 5.69 Å². The summed E-state index contributed by atoms with van der Waals surface area (Å²) in [5, 5.41) is 2.59. The Labute approximate surface area is 106 Å². The van der Waals surface area contributed by atoms with Crippen molar-refractivity contribution in [2.45, 2.75) is 19.4 Å². The van der Waals surface area contributed by atoms with Crippen LogP contribution < -0.4 is 10.2 Å². The minimum Gasteiger partial charge on any atom is -0.341 e. The van der Waals surface area contributed by atoms with Gasteiger partial charge in [-0.1, -0.05) is 24.8 Å². The molecule has 2 rings (SSSR count). The first-order chi connectivity index (χ1) is 8.63. The number of fused-ring (bicyclic) bond motifs is 1. The van der Waals surface area contributed by atoms with Crippen LogP contribution in [0, 0.1) is 0 Å². The van der Waals surface area contributed by atoms with Crippen LogP contribution in [0.2, 0.25) is 0 Å². The van der Waals surface area contributed by atoms with E-state index in [1.807, 2.05) is 24.3 Å². The number of hydrogen-bond acceptors (Lipinski definition) is 2. The third-order valence-electron chi connectivity index (χ3n) is 3.07. The molecule has 1 aromatic rings. The van der Waals surface area contributed by atoms with Crippen LogP contribution in [-0.4, -0.2) is 24.4 Å². The zero-order valence-corrected chi connectivity index (χ0v) is 10.3. The molecule has 0 spiro atoms. The lowest BCUT2D eigenvalue weighted by Crippen LogP contribution is -2.46. The highest BCUT2D eigenvalue weighted by Gasteiger charge is 2.27. The lowest BCUT2D eigenvalue weighted by molar-refractivity contribution is -0.124. The van der Waals surface area contributed by atoms with Gasteiger partial charge in [-0.25, -0.2) is 0 Å². The Balaban J connectivity index is 2.11. The molecule has 0 bridgehead atoms. The quantitative estimate of drug-likeness (QED) is 0.814. The van der Waals surface area contributed by atoms with Gasteiger partial charge in [-0.3, -0.25) is 9.59 Å². The van der Waals surface area contributed by atoms with Crippen molar-refractivity contribution in [1.29, 1.82) is 0 Å². The Kier molecular flexibility index (Phi) is 3.46. The normalized spacial score (nSPS) is 14.8. The van der Waals surface area contributed by atoms with E-state index in [1.165, 1.54) is 11.6 Å². The molecule has 0 fully saturated rings. The van der Waals surface area contributed by atoms with Crippen LogP contribution in [0.25, 0.3) is 0 Å². The lowest BCUT2D eigenvalue weighted by atomic mass is 10.2. The summed E-state index contributed by atoms with van der Waals surface area (Å²) in [6.45, 7) is 5.73. The molecule has 4 nitrogen and oxygen atoms in total. The van der Waals surface area contributed by atoms with Gasteiger partial charge in [-0.2, -0.15) is 0 Å². The van der Waals surface area contributed by atoms with Crippen molar-refractivity contribution in [3.05, 3.63) is 42.5 Å². The minimum atomic E-state index is -0.540. The van der Waals surface area contributed by atoms with Gasteiger partial charge >= 0.3 is 0 Å². The van der Waals surface area contributed by atoms with Gasteiger partial charge in [0, 0.05) is 12.2 Å². The van der Waals surface area contributed by atoms with Crippen molar-refractivity contribution in [3.8, 4) is 0 Å².